The Bertz CT molecular complexity index is 313. The molecule has 3 heteroatoms. The van der Waals surface area contributed by atoms with Gasteiger partial charge in [0.2, 0.25) is 0 Å². The molecule has 0 spiro atoms. The molecule has 0 bridgehead atoms. The molecule has 1 rings (SSSR count). The Labute approximate surface area is 97.2 Å². The van der Waals surface area contributed by atoms with Crippen molar-refractivity contribution in [2.45, 2.75) is 26.2 Å². The van der Waals surface area contributed by atoms with E-state index in [-0.39, 0.29) is 6.61 Å². The summed E-state index contributed by atoms with van der Waals surface area (Å²) < 4.78 is 5.69. The van der Waals surface area contributed by atoms with E-state index < -0.39 is 0 Å². The molecule has 0 aliphatic carbocycles. The van der Waals surface area contributed by atoms with Crippen molar-refractivity contribution in [1.82, 2.24) is 0 Å². The zero-order valence-electron chi connectivity index (χ0n) is 9.91. The topological polar surface area (TPSA) is 55.5 Å². The first-order valence-corrected chi connectivity index (χ1v) is 5.87. The lowest BCUT2D eigenvalue weighted by Crippen LogP contribution is -2.07. The lowest BCUT2D eigenvalue weighted by atomic mass is 10.1. The standard InChI is InChI=1S/C13H21NO2/c1-2-12-5-4-11(6-8-15)10-13(12)16-9-3-7-14/h4-5,10,15H,2-3,6-9,14H2,1H3. The second-order valence-electron chi connectivity index (χ2n) is 3.76. The van der Waals surface area contributed by atoms with Crippen LogP contribution in [-0.4, -0.2) is 24.9 Å². The van der Waals surface area contributed by atoms with E-state index in [9.17, 15) is 0 Å². The predicted molar refractivity (Wildman–Crippen MR) is 65.8 cm³/mol. The molecule has 0 aliphatic heterocycles. The first-order chi connectivity index (χ1) is 7.81. The second-order valence-corrected chi connectivity index (χ2v) is 3.76. The minimum Gasteiger partial charge on any atom is -0.493 e. The van der Waals surface area contributed by atoms with Crippen molar-refractivity contribution in [1.29, 1.82) is 0 Å². The molecule has 0 unspecified atom stereocenters. The zero-order chi connectivity index (χ0) is 11.8. The smallest absolute Gasteiger partial charge is 0.122 e. The van der Waals surface area contributed by atoms with Gasteiger partial charge in [-0.3, -0.25) is 0 Å². The highest BCUT2D eigenvalue weighted by Crippen LogP contribution is 2.21. The lowest BCUT2D eigenvalue weighted by Gasteiger charge is -2.11. The molecule has 0 saturated carbocycles. The third kappa shape index (κ3) is 3.83. The summed E-state index contributed by atoms with van der Waals surface area (Å²) in [6.45, 7) is 3.59. The van der Waals surface area contributed by atoms with E-state index in [1.165, 1.54) is 5.56 Å². The Morgan fingerprint density at radius 2 is 2.19 bits per heavy atom. The quantitative estimate of drug-likeness (QED) is 0.689. The Hall–Kier alpha value is -1.06. The lowest BCUT2D eigenvalue weighted by molar-refractivity contribution is 0.297. The van der Waals surface area contributed by atoms with Crippen LogP contribution in [0.5, 0.6) is 5.75 Å². The van der Waals surface area contributed by atoms with Crippen LogP contribution in [0.4, 0.5) is 0 Å². The molecule has 0 atom stereocenters. The van der Waals surface area contributed by atoms with Crippen molar-refractivity contribution in [2.24, 2.45) is 5.73 Å². The number of rotatable bonds is 7. The van der Waals surface area contributed by atoms with Crippen LogP contribution in [0.15, 0.2) is 18.2 Å². The van der Waals surface area contributed by atoms with Gasteiger partial charge in [-0.25, -0.2) is 0 Å². The van der Waals surface area contributed by atoms with Gasteiger partial charge in [0.25, 0.3) is 0 Å². The van der Waals surface area contributed by atoms with Gasteiger partial charge in [0, 0.05) is 6.61 Å². The second kappa shape index (κ2) is 7.25. The third-order valence-electron chi connectivity index (χ3n) is 2.52. The molecule has 0 aromatic heterocycles. The average Bonchev–Trinajstić information content (AvgIpc) is 2.30. The molecule has 0 saturated heterocycles. The van der Waals surface area contributed by atoms with Crippen molar-refractivity contribution < 1.29 is 9.84 Å². The number of hydrogen-bond donors (Lipinski definition) is 2. The van der Waals surface area contributed by atoms with Gasteiger partial charge in [0.15, 0.2) is 0 Å². The molecular weight excluding hydrogens is 202 g/mol. The number of nitrogens with two attached hydrogens (primary N) is 1. The van der Waals surface area contributed by atoms with Crippen molar-refractivity contribution in [3.63, 3.8) is 0 Å². The Morgan fingerprint density at radius 1 is 1.38 bits per heavy atom. The summed E-state index contributed by atoms with van der Waals surface area (Å²) in [5.74, 6) is 0.932. The van der Waals surface area contributed by atoms with Gasteiger partial charge in [-0.1, -0.05) is 19.1 Å². The molecule has 0 amide bonds. The average molecular weight is 223 g/mol. The first-order valence-electron chi connectivity index (χ1n) is 5.87. The van der Waals surface area contributed by atoms with Gasteiger partial charge in [-0.15, -0.1) is 0 Å². The van der Waals surface area contributed by atoms with Gasteiger partial charge in [0.05, 0.1) is 6.61 Å². The summed E-state index contributed by atoms with van der Waals surface area (Å²) in [4.78, 5) is 0. The normalized spacial score (nSPS) is 10.4. The number of aliphatic hydroxyl groups excluding tert-OH is 1. The number of benzene rings is 1. The molecule has 0 fully saturated rings. The molecule has 0 aliphatic rings. The highest BCUT2D eigenvalue weighted by molar-refractivity contribution is 5.37. The maximum atomic E-state index is 8.89. The van der Waals surface area contributed by atoms with Crippen molar-refractivity contribution in [2.75, 3.05) is 19.8 Å². The summed E-state index contributed by atoms with van der Waals surface area (Å²) in [6.07, 6.45) is 2.50. The van der Waals surface area contributed by atoms with Crippen LogP contribution in [0.3, 0.4) is 0 Å². The van der Waals surface area contributed by atoms with Crippen molar-refractivity contribution in [3.8, 4) is 5.75 Å². The molecule has 0 radical (unpaired) electrons. The Morgan fingerprint density at radius 3 is 2.81 bits per heavy atom. The molecular formula is C13H21NO2. The minimum absolute atomic E-state index is 0.174. The third-order valence-corrected chi connectivity index (χ3v) is 2.52. The fourth-order valence-corrected chi connectivity index (χ4v) is 1.58. The molecule has 3 N–H and O–H groups in total. The molecule has 16 heavy (non-hydrogen) atoms. The van der Waals surface area contributed by atoms with E-state index >= 15 is 0 Å². The maximum Gasteiger partial charge on any atom is 0.122 e. The SMILES string of the molecule is CCc1ccc(CCO)cc1OCCCN. The number of hydrogen-bond acceptors (Lipinski definition) is 3. The summed E-state index contributed by atoms with van der Waals surface area (Å²) >= 11 is 0. The van der Waals surface area contributed by atoms with Crippen LogP contribution >= 0.6 is 0 Å². The summed E-state index contributed by atoms with van der Waals surface area (Å²) in [5, 5.41) is 8.89. The van der Waals surface area contributed by atoms with Gasteiger partial charge >= 0.3 is 0 Å². The van der Waals surface area contributed by atoms with Crippen molar-refractivity contribution in [3.05, 3.63) is 29.3 Å². The van der Waals surface area contributed by atoms with E-state index in [4.69, 9.17) is 15.6 Å². The van der Waals surface area contributed by atoms with E-state index in [1.54, 1.807) is 0 Å². The van der Waals surface area contributed by atoms with Crippen LogP contribution in [0.2, 0.25) is 0 Å². The highest BCUT2D eigenvalue weighted by Gasteiger charge is 2.03. The van der Waals surface area contributed by atoms with Crippen LogP contribution in [0.1, 0.15) is 24.5 Å². The maximum absolute atomic E-state index is 8.89. The summed E-state index contributed by atoms with van der Waals surface area (Å²) in [5.41, 5.74) is 7.75. The minimum atomic E-state index is 0.174. The van der Waals surface area contributed by atoms with E-state index in [1.807, 2.05) is 12.1 Å². The van der Waals surface area contributed by atoms with Gasteiger partial charge < -0.3 is 15.6 Å². The van der Waals surface area contributed by atoms with Crippen LogP contribution in [-0.2, 0) is 12.8 Å². The fraction of sp³-hybridized carbons (Fsp3) is 0.538. The molecule has 3 nitrogen and oxygen atoms in total. The van der Waals surface area contributed by atoms with E-state index in [0.717, 1.165) is 24.2 Å². The summed E-state index contributed by atoms with van der Waals surface area (Å²) in [7, 11) is 0. The monoisotopic (exact) mass is 223 g/mol. The molecule has 1 aromatic rings. The van der Waals surface area contributed by atoms with Crippen molar-refractivity contribution >= 4 is 0 Å². The van der Waals surface area contributed by atoms with E-state index in [2.05, 4.69) is 13.0 Å². The number of ether oxygens (including phenoxy) is 1. The Balaban J connectivity index is 2.72. The van der Waals surface area contributed by atoms with Crippen LogP contribution < -0.4 is 10.5 Å². The zero-order valence-corrected chi connectivity index (χ0v) is 9.91. The largest absolute Gasteiger partial charge is 0.493 e. The fourth-order valence-electron chi connectivity index (χ4n) is 1.58. The molecule has 0 heterocycles. The van der Waals surface area contributed by atoms with Gasteiger partial charge in [-0.2, -0.15) is 0 Å². The van der Waals surface area contributed by atoms with Gasteiger partial charge in [-0.05, 0) is 43.0 Å². The van der Waals surface area contributed by atoms with Gasteiger partial charge in [0.1, 0.15) is 5.75 Å². The van der Waals surface area contributed by atoms with Crippen LogP contribution in [0.25, 0.3) is 0 Å². The Kier molecular flexibility index (Phi) is 5.90. The first kappa shape index (κ1) is 13.0. The highest BCUT2D eigenvalue weighted by atomic mass is 16.5. The molecule has 90 valence electrons. The number of aryl methyl sites for hydroxylation is 1. The predicted octanol–water partition coefficient (Wildman–Crippen LogP) is 1.51. The summed E-state index contributed by atoms with van der Waals surface area (Å²) in [6, 6.07) is 6.14. The van der Waals surface area contributed by atoms with E-state index in [0.29, 0.717) is 19.6 Å². The number of aliphatic hydroxyl groups is 1. The molecule has 1 aromatic carbocycles. The van der Waals surface area contributed by atoms with Crippen LogP contribution in [0, 0.1) is 0 Å².